The van der Waals surface area contributed by atoms with Crippen LogP contribution in [0, 0.1) is 17.2 Å². The third-order valence-corrected chi connectivity index (χ3v) is 2.27. The van der Waals surface area contributed by atoms with Crippen LogP contribution >= 0.6 is 0 Å². The van der Waals surface area contributed by atoms with Gasteiger partial charge in [-0.1, -0.05) is 0 Å². The fourth-order valence-electron chi connectivity index (χ4n) is 1.77. The minimum Gasteiger partial charge on any atom is -0.374 e. The van der Waals surface area contributed by atoms with Crippen LogP contribution in [0.5, 0.6) is 0 Å². The molecule has 2 saturated heterocycles. The van der Waals surface area contributed by atoms with E-state index in [-0.39, 0.29) is 5.92 Å². The van der Waals surface area contributed by atoms with Crippen molar-refractivity contribution < 1.29 is 4.74 Å². The second kappa shape index (κ2) is 1.71. The van der Waals surface area contributed by atoms with Gasteiger partial charge in [0.2, 0.25) is 0 Å². The lowest BCUT2D eigenvalue weighted by Crippen LogP contribution is -2.13. The molecule has 2 heteroatoms. The summed E-state index contributed by atoms with van der Waals surface area (Å²) in [6.45, 7) is 0. The van der Waals surface area contributed by atoms with Crippen molar-refractivity contribution in [1.82, 2.24) is 0 Å². The molecule has 2 nitrogen and oxygen atoms in total. The molecule has 2 heterocycles. The van der Waals surface area contributed by atoms with Crippen molar-refractivity contribution in [1.29, 1.82) is 5.26 Å². The van der Waals surface area contributed by atoms with Gasteiger partial charge < -0.3 is 4.74 Å². The van der Waals surface area contributed by atoms with Crippen molar-refractivity contribution in [3.8, 4) is 6.07 Å². The van der Waals surface area contributed by atoms with Crippen LogP contribution in [0.1, 0.15) is 19.3 Å². The van der Waals surface area contributed by atoms with Crippen molar-refractivity contribution in [2.45, 2.75) is 31.5 Å². The number of nitrogens with zero attached hydrogens (tertiary/aromatic N) is 1. The smallest absolute Gasteiger partial charge is 0.0750 e. The third kappa shape index (κ3) is 0.650. The normalized spacial score (nSPS) is 47.2. The summed E-state index contributed by atoms with van der Waals surface area (Å²) in [6, 6.07) is 2.27. The summed E-state index contributed by atoms with van der Waals surface area (Å²) in [6.07, 6.45) is 4.01. The Labute approximate surface area is 54.4 Å². The molecule has 2 aliphatic heterocycles. The predicted molar refractivity (Wildman–Crippen MR) is 31.6 cm³/mol. The second-order valence-corrected chi connectivity index (χ2v) is 2.85. The van der Waals surface area contributed by atoms with E-state index >= 15 is 0 Å². The molecule has 0 amide bonds. The van der Waals surface area contributed by atoms with Crippen molar-refractivity contribution in [3.63, 3.8) is 0 Å². The van der Waals surface area contributed by atoms with Gasteiger partial charge in [-0.3, -0.25) is 0 Å². The zero-order chi connectivity index (χ0) is 6.27. The number of fused-ring (bicyclic) bond motifs is 2. The Morgan fingerprint density at radius 1 is 1.44 bits per heavy atom. The van der Waals surface area contributed by atoms with Crippen LogP contribution in [0.3, 0.4) is 0 Å². The molecule has 0 aliphatic carbocycles. The fourth-order valence-corrected chi connectivity index (χ4v) is 1.77. The van der Waals surface area contributed by atoms with Gasteiger partial charge in [0.15, 0.2) is 0 Å². The zero-order valence-electron chi connectivity index (χ0n) is 5.21. The molecule has 0 aromatic rings. The van der Waals surface area contributed by atoms with E-state index in [9.17, 15) is 0 Å². The Hall–Kier alpha value is -0.550. The first-order valence-electron chi connectivity index (χ1n) is 3.45. The van der Waals surface area contributed by atoms with Crippen LogP contribution in [0.4, 0.5) is 0 Å². The molecule has 48 valence electrons. The van der Waals surface area contributed by atoms with Gasteiger partial charge in [0.25, 0.3) is 0 Å². The lowest BCUT2D eigenvalue weighted by molar-refractivity contribution is 0.0986. The number of hydrogen-bond acceptors (Lipinski definition) is 2. The summed E-state index contributed by atoms with van der Waals surface area (Å²) in [4.78, 5) is 0. The summed E-state index contributed by atoms with van der Waals surface area (Å²) in [5.74, 6) is 0.212. The van der Waals surface area contributed by atoms with E-state index in [1.165, 1.54) is 6.42 Å². The van der Waals surface area contributed by atoms with E-state index in [1.54, 1.807) is 0 Å². The fraction of sp³-hybridized carbons (Fsp3) is 0.857. The van der Waals surface area contributed by atoms with Crippen molar-refractivity contribution in [2.24, 2.45) is 5.92 Å². The molecular weight excluding hydrogens is 114 g/mol. The average Bonchev–Trinajstić information content (AvgIpc) is 2.45. The maximum absolute atomic E-state index is 8.56. The maximum Gasteiger partial charge on any atom is 0.0750 e. The van der Waals surface area contributed by atoms with Crippen LogP contribution in [0.25, 0.3) is 0 Å². The average molecular weight is 123 g/mol. The maximum atomic E-state index is 8.56. The molecule has 0 aromatic heterocycles. The third-order valence-electron chi connectivity index (χ3n) is 2.27. The topological polar surface area (TPSA) is 33.0 Å². The molecular formula is C7H9NO. The number of hydrogen-bond donors (Lipinski definition) is 0. The highest BCUT2D eigenvalue weighted by molar-refractivity contribution is 4.99. The van der Waals surface area contributed by atoms with Crippen molar-refractivity contribution in [2.75, 3.05) is 0 Å². The molecule has 0 radical (unpaired) electrons. The zero-order valence-corrected chi connectivity index (χ0v) is 5.21. The molecule has 0 aromatic carbocycles. The monoisotopic (exact) mass is 123 g/mol. The Balaban J connectivity index is 2.12. The van der Waals surface area contributed by atoms with E-state index in [2.05, 4.69) is 6.07 Å². The predicted octanol–water partition coefficient (Wildman–Crippen LogP) is 1.08. The van der Waals surface area contributed by atoms with Gasteiger partial charge in [0.05, 0.1) is 24.2 Å². The molecule has 0 saturated carbocycles. The minimum atomic E-state index is 0.212. The largest absolute Gasteiger partial charge is 0.374 e. The summed E-state index contributed by atoms with van der Waals surface area (Å²) >= 11 is 0. The Morgan fingerprint density at radius 3 is 2.67 bits per heavy atom. The first-order valence-corrected chi connectivity index (χ1v) is 3.45. The van der Waals surface area contributed by atoms with Gasteiger partial charge >= 0.3 is 0 Å². The van der Waals surface area contributed by atoms with E-state index in [0.29, 0.717) is 12.2 Å². The van der Waals surface area contributed by atoms with Crippen LogP contribution in [-0.4, -0.2) is 12.2 Å². The van der Waals surface area contributed by atoms with Crippen LogP contribution < -0.4 is 0 Å². The van der Waals surface area contributed by atoms with Gasteiger partial charge in [0, 0.05) is 0 Å². The van der Waals surface area contributed by atoms with E-state index in [4.69, 9.17) is 10.00 Å². The lowest BCUT2D eigenvalue weighted by Gasteiger charge is -2.08. The van der Waals surface area contributed by atoms with E-state index in [0.717, 1.165) is 12.8 Å². The highest BCUT2D eigenvalue weighted by Crippen LogP contribution is 2.37. The summed E-state index contributed by atoms with van der Waals surface area (Å²) < 4.78 is 5.45. The SMILES string of the molecule is N#C[C@H]1C[C@H]2CC[C@@H]1O2. The Kier molecular flexibility index (Phi) is 1.000. The molecule has 2 fully saturated rings. The molecule has 9 heavy (non-hydrogen) atoms. The van der Waals surface area contributed by atoms with Gasteiger partial charge in [0.1, 0.15) is 0 Å². The highest BCUT2D eigenvalue weighted by Gasteiger charge is 2.40. The molecule has 3 atom stereocenters. The Bertz CT molecular complexity index is 161. The molecule has 0 N–H and O–H groups in total. The van der Waals surface area contributed by atoms with Gasteiger partial charge in [-0.15, -0.1) is 0 Å². The summed E-state index contributed by atoms with van der Waals surface area (Å²) in [5.41, 5.74) is 0. The first-order chi connectivity index (χ1) is 4.40. The number of rotatable bonds is 0. The molecule has 2 aliphatic rings. The van der Waals surface area contributed by atoms with Crippen molar-refractivity contribution >= 4 is 0 Å². The molecule has 0 spiro atoms. The number of ether oxygens (including phenoxy) is 1. The molecule has 2 bridgehead atoms. The van der Waals surface area contributed by atoms with E-state index < -0.39 is 0 Å². The first kappa shape index (κ1) is 5.25. The standard InChI is InChI=1S/C7H9NO/c8-4-5-3-6-1-2-7(5)9-6/h5-7H,1-3H2/t5-,6-,7+/m1/s1. The second-order valence-electron chi connectivity index (χ2n) is 2.85. The van der Waals surface area contributed by atoms with Gasteiger partial charge in [-0.05, 0) is 19.3 Å². The van der Waals surface area contributed by atoms with Crippen LogP contribution in [-0.2, 0) is 4.74 Å². The van der Waals surface area contributed by atoms with Gasteiger partial charge in [-0.25, -0.2) is 0 Å². The summed E-state index contributed by atoms with van der Waals surface area (Å²) in [5, 5.41) is 8.56. The molecule has 0 unspecified atom stereocenters. The van der Waals surface area contributed by atoms with E-state index in [1.807, 2.05) is 0 Å². The molecule has 2 rings (SSSR count). The van der Waals surface area contributed by atoms with Gasteiger partial charge in [-0.2, -0.15) is 5.26 Å². The minimum absolute atomic E-state index is 0.212. The summed E-state index contributed by atoms with van der Waals surface area (Å²) in [7, 11) is 0. The Morgan fingerprint density at radius 2 is 2.33 bits per heavy atom. The van der Waals surface area contributed by atoms with Crippen LogP contribution in [0.2, 0.25) is 0 Å². The van der Waals surface area contributed by atoms with Crippen molar-refractivity contribution in [3.05, 3.63) is 0 Å². The quantitative estimate of drug-likeness (QED) is 0.482. The number of nitriles is 1. The highest BCUT2D eigenvalue weighted by atomic mass is 16.5. The van der Waals surface area contributed by atoms with Crippen LogP contribution in [0.15, 0.2) is 0 Å². The lowest BCUT2D eigenvalue weighted by atomic mass is 9.91.